The third kappa shape index (κ3) is 2.78. The van der Waals surface area contributed by atoms with Crippen molar-refractivity contribution < 1.29 is 14.6 Å². The molecule has 22 heavy (non-hydrogen) atoms. The van der Waals surface area contributed by atoms with E-state index >= 15 is 0 Å². The molecule has 2 aromatic rings. The third-order valence-corrected chi connectivity index (χ3v) is 4.34. The Hall–Kier alpha value is -2.46. The quantitative estimate of drug-likeness (QED) is 0.867. The number of hydrogen-bond acceptors (Lipinski definition) is 4. The third-order valence-electron chi connectivity index (χ3n) is 3.34. The van der Waals surface area contributed by atoms with Crippen LogP contribution in [0.15, 0.2) is 60.2 Å². The molecule has 110 valence electrons. The van der Waals surface area contributed by atoms with Crippen LogP contribution in [0.5, 0.6) is 11.5 Å². The summed E-state index contributed by atoms with van der Waals surface area (Å²) in [4.78, 5) is 13.1. The van der Waals surface area contributed by atoms with E-state index in [0.717, 1.165) is 10.5 Å². The lowest BCUT2D eigenvalue weighted by Gasteiger charge is -2.05. The molecular formula is C18H14O3S. The number of para-hydroxylation sites is 1. The first-order valence-electron chi connectivity index (χ1n) is 6.76. The maximum absolute atomic E-state index is 12.2. The van der Waals surface area contributed by atoms with Gasteiger partial charge in [0.1, 0.15) is 0 Å². The molecule has 1 heterocycles. The second-order valence-electron chi connectivity index (χ2n) is 4.76. The Morgan fingerprint density at radius 1 is 1.09 bits per heavy atom. The predicted octanol–water partition coefficient (Wildman–Crippen LogP) is 4.10. The number of thioether (sulfide) groups is 1. The van der Waals surface area contributed by atoms with E-state index in [9.17, 15) is 9.90 Å². The van der Waals surface area contributed by atoms with Gasteiger partial charge < -0.3 is 9.84 Å². The number of hydrogen-bond donors (Lipinski definition) is 1. The SMILES string of the molecule is COc1cccc(/C=C2/C=C(c3ccccc3)SC2=O)c1O. The molecule has 1 aliphatic heterocycles. The average molecular weight is 310 g/mol. The molecule has 0 bridgehead atoms. The minimum absolute atomic E-state index is 0.0268. The second kappa shape index (κ2) is 6.12. The van der Waals surface area contributed by atoms with Gasteiger partial charge >= 0.3 is 0 Å². The number of ether oxygens (including phenoxy) is 1. The van der Waals surface area contributed by atoms with Crippen LogP contribution in [0.4, 0.5) is 0 Å². The molecule has 0 spiro atoms. The number of rotatable bonds is 3. The van der Waals surface area contributed by atoms with Crippen LogP contribution in [0.1, 0.15) is 11.1 Å². The lowest BCUT2D eigenvalue weighted by atomic mass is 10.1. The number of allylic oxidation sites excluding steroid dienone is 1. The number of benzene rings is 2. The van der Waals surface area contributed by atoms with E-state index in [1.807, 2.05) is 36.4 Å². The zero-order valence-electron chi connectivity index (χ0n) is 11.9. The van der Waals surface area contributed by atoms with Crippen molar-refractivity contribution in [3.8, 4) is 11.5 Å². The highest BCUT2D eigenvalue weighted by atomic mass is 32.2. The summed E-state index contributed by atoms with van der Waals surface area (Å²) in [6, 6.07) is 15.0. The molecule has 3 rings (SSSR count). The summed E-state index contributed by atoms with van der Waals surface area (Å²) in [5.74, 6) is 0.427. The molecule has 1 N–H and O–H groups in total. The maximum atomic E-state index is 12.2. The summed E-state index contributed by atoms with van der Waals surface area (Å²) in [5, 5.41) is 10.1. The molecule has 4 heteroatoms. The average Bonchev–Trinajstić information content (AvgIpc) is 2.91. The van der Waals surface area contributed by atoms with Crippen molar-refractivity contribution in [2.45, 2.75) is 0 Å². The Balaban J connectivity index is 1.98. The molecule has 1 aliphatic rings. The topological polar surface area (TPSA) is 46.5 Å². The number of aromatic hydroxyl groups is 1. The van der Waals surface area contributed by atoms with Gasteiger partial charge in [0, 0.05) is 16.0 Å². The van der Waals surface area contributed by atoms with Crippen LogP contribution in [0.3, 0.4) is 0 Å². The number of phenols is 1. The fraction of sp³-hybridized carbons (Fsp3) is 0.0556. The van der Waals surface area contributed by atoms with E-state index < -0.39 is 0 Å². The lowest BCUT2D eigenvalue weighted by molar-refractivity contribution is -0.107. The summed E-state index contributed by atoms with van der Waals surface area (Å²) in [7, 11) is 1.50. The molecular weight excluding hydrogens is 296 g/mol. The van der Waals surface area contributed by atoms with Gasteiger partial charge in [-0.3, -0.25) is 4.79 Å². The van der Waals surface area contributed by atoms with Crippen molar-refractivity contribution >= 4 is 27.9 Å². The van der Waals surface area contributed by atoms with Gasteiger partial charge in [0.2, 0.25) is 5.12 Å². The van der Waals surface area contributed by atoms with Gasteiger partial charge in [0.15, 0.2) is 11.5 Å². The second-order valence-corrected chi connectivity index (χ2v) is 5.78. The molecule has 0 atom stereocenters. The molecule has 0 unspecified atom stereocenters. The highest BCUT2D eigenvalue weighted by molar-refractivity contribution is 8.22. The summed E-state index contributed by atoms with van der Waals surface area (Å²) in [5.41, 5.74) is 2.14. The van der Waals surface area contributed by atoms with E-state index in [2.05, 4.69) is 0 Å². The lowest BCUT2D eigenvalue weighted by Crippen LogP contribution is -1.89. The molecule has 0 aliphatic carbocycles. The first-order chi connectivity index (χ1) is 10.7. The van der Waals surface area contributed by atoms with Crippen LogP contribution in [0.25, 0.3) is 11.0 Å². The van der Waals surface area contributed by atoms with Crippen molar-refractivity contribution in [2.24, 2.45) is 0 Å². The zero-order chi connectivity index (χ0) is 15.5. The molecule has 0 saturated heterocycles. The van der Waals surface area contributed by atoms with E-state index in [1.54, 1.807) is 24.3 Å². The van der Waals surface area contributed by atoms with Crippen molar-refractivity contribution in [3.63, 3.8) is 0 Å². The van der Waals surface area contributed by atoms with Gasteiger partial charge in [-0.05, 0) is 35.5 Å². The van der Waals surface area contributed by atoms with Crippen molar-refractivity contribution in [1.82, 2.24) is 0 Å². The Kier molecular flexibility index (Phi) is 4.02. The minimum Gasteiger partial charge on any atom is -0.504 e. The van der Waals surface area contributed by atoms with Gasteiger partial charge in [-0.1, -0.05) is 42.5 Å². The number of carbonyl (C=O) groups is 1. The van der Waals surface area contributed by atoms with Crippen molar-refractivity contribution in [1.29, 1.82) is 0 Å². The standard InChI is InChI=1S/C18H14O3S/c1-21-15-9-5-8-13(17(15)19)10-14-11-16(22-18(14)20)12-6-3-2-4-7-12/h2-11,19H,1H3/b14-10-. The van der Waals surface area contributed by atoms with Gasteiger partial charge in [-0.25, -0.2) is 0 Å². The summed E-state index contributed by atoms with van der Waals surface area (Å²) >= 11 is 1.20. The van der Waals surface area contributed by atoms with Gasteiger partial charge in [-0.15, -0.1) is 0 Å². The zero-order valence-corrected chi connectivity index (χ0v) is 12.8. The maximum Gasteiger partial charge on any atom is 0.224 e. The highest BCUT2D eigenvalue weighted by Crippen LogP contribution is 2.39. The first-order valence-corrected chi connectivity index (χ1v) is 7.57. The van der Waals surface area contributed by atoms with Crippen LogP contribution in [0.2, 0.25) is 0 Å². The van der Waals surface area contributed by atoms with Crippen molar-refractivity contribution in [3.05, 3.63) is 71.3 Å². The van der Waals surface area contributed by atoms with Crippen LogP contribution in [-0.2, 0) is 4.79 Å². The molecule has 0 aromatic heterocycles. The first kappa shape index (κ1) is 14.5. The Morgan fingerprint density at radius 2 is 1.86 bits per heavy atom. The normalized spacial score (nSPS) is 16.0. The van der Waals surface area contributed by atoms with Gasteiger partial charge in [0.05, 0.1) is 7.11 Å². The Bertz CT molecular complexity index is 776. The van der Waals surface area contributed by atoms with E-state index in [0.29, 0.717) is 16.9 Å². The van der Waals surface area contributed by atoms with Crippen LogP contribution in [-0.4, -0.2) is 17.3 Å². The Labute approximate surface area is 132 Å². The minimum atomic E-state index is -0.0268. The van der Waals surface area contributed by atoms with Crippen LogP contribution in [0, 0.1) is 0 Å². The number of carbonyl (C=O) groups excluding carboxylic acids is 1. The summed E-state index contributed by atoms with van der Waals surface area (Å²) in [6.07, 6.45) is 3.53. The predicted molar refractivity (Wildman–Crippen MR) is 89.7 cm³/mol. The summed E-state index contributed by atoms with van der Waals surface area (Å²) < 4.78 is 5.08. The Morgan fingerprint density at radius 3 is 2.59 bits per heavy atom. The molecule has 0 saturated carbocycles. The fourth-order valence-corrected chi connectivity index (χ4v) is 3.10. The largest absolute Gasteiger partial charge is 0.504 e. The molecule has 3 nitrogen and oxygen atoms in total. The molecule has 2 aromatic carbocycles. The van der Waals surface area contributed by atoms with Crippen molar-refractivity contribution in [2.75, 3.05) is 7.11 Å². The van der Waals surface area contributed by atoms with E-state index in [1.165, 1.54) is 18.9 Å². The monoisotopic (exact) mass is 310 g/mol. The fourth-order valence-electron chi connectivity index (χ4n) is 2.22. The van der Waals surface area contributed by atoms with Gasteiger partial charge in [0.25, 0.3) is 0 Å². The summed E-state index contributed by atoms with van der Waals surface area (Å²) in [6.45, 7) is 0. The van der Waals surface area contributed by atoms with E-state index in [-0.39, 0.29) is 10.9 Å². The molecule has 0 radical (unpaired) electrons. The van der Waals surface area contributed by atoms with Gasteiger partial charge in [-0.2, -0.15) is 0 Å². The number of phenolic OH excluding ortho intramolecular Hbond substituents is 1. The highest BCUT2D eigenvalue weighted by Gasteiger charge is 2.21. The molecule has 0 fully saturated rings. The van der Waals surface area contributed by atoms with Crippen LogP contribution >= 0.6 is 11.8 Å². The van der Waals surface area contributed by atoms with E-state index in [4.69, 9.17) is 4.74 Å². The molecule has 0 amide bonds. The van der Waals surface area contributed by atoms with Crippen LogP contribution < -0.4 is 4.74 Å². The number of methoxy groups -OCH3 is 1. The smallest absolute Gasteiger partial charge is 0.224 e.